The second-order valence-electron chi connectivity index (χ2n) is 20.4. The average molecular weight is 791 g/mol. The fourth-order valence-electron chi connectivity index (χ4n) is 5.82. The summed E-state index contributed by atoms with van der Waals surface area (Å²) in [6.45, 7) is 28.3. The highest BCUT2D eigenvalue weighted by atomic mass is 16.6. The van der Waals surface area contributed by atoms with Crippen LogP contribution in [0.15, 0.2) is 24.4 Å². The molecule has 1 aromatic heterocycles. The van der Waals surface area contributed by atoms with Crippen molar-refractivity contribution in [3.05, 3.63) is 30.1 Å². The minimum atomic E-state index is -0.173. The first-order valence-corrected chi connectivity index (χ1v) is 20.6. The lowest BCUT2D eigenvalue weighted by atomic mass is 9.92. The molecule has 0 N–H and O–H groups in total. The molecule has 56 heavy (non-hydrogen) atoms. The molecule has 2 aliphatic heterocycles. The van der Waals surface area contributed by atoms with Gasteiger partial charge in [0, 0.05) is 25.9 Å². The molecule has 4 rings (SSSR count). The van der Waals surface area contributed by atoms with Gasteiger partial charge in [-0.25, -0.2) is 0 Å². The Balaban J connectivity index is 0.000000374. The Hall–Kier alpha value is -3.05. The predicted octanol–water partition coefficient (Wildman–Crippen LogP) is 9.14. The summed E-state index contributed by atoms with van der Waals surface area (Å²) in [6, 6.07) is 5.55. The van der Waals surface area contributed by atoms with E-state index in [1.165, 1.54) is 25.7 Å². The Morgan fingerprint density at radius 2 is 1.14 bits per heavy atom. The molecule has 0 amide bonds. The number of likely N-dealkylation sites (N-methyl/N-ethyl adjacent to an activating group) is 1. The molecule has 322 valence electrons. The first kappa shape index (κ1) is 51.0. The lowest BCUT2D eigenvalue weighted by molar-refractivity contribution is -0.158. The summed E-state index contributed by atoms with van der Waals surface area (Å²) >= 11 is 0. The van der Waals surface area contributed by atoms with Crippen LogP contribution in [0.1, 0.15) is 153 Å². The van der Waals surface area contributed by atoms with Crippen molar-refractivity contribution in [1.82, 2.24) is 9.88 Å². The summed E-state index contributed by atoms with van der Waals surface area (Å²) in [5, 5.41) is 0. The van der Waals surface area contributed by atoms with E-state index in [0.29, 0.717) is 44.8 Å². The number of carbonyl (C=O) groups excluding carboxylic acids is 4. The van der Waals surface area contributed by atoms with Crippen LogP contribution in [0.3, 0.4) is 0 Å². The number of pyridine rings is 1. The van der Waals surface area contributed by atoms with Gasteiger partial charge >= 0.3 is 23.9 Å². The number of likely N-dealkylation sites (tertiary alicyclic amines) is 1. The quantitative estimate of drug-likeness (QED) is 0.157. The van der Waals surface area contributed by atoms with Crippen molar-refractivity contribution in [2.45, 2.75) is 166 Å². The summed E-state index contributed by atoms with van der Waals surface area (Å²) in [5.41, 5.74) is 0.841. The molecule has 2 saturated heterocycles. The monoisotopic (exact) mass is 791 g/mol. The van der Waals surface area contributed by atoms with Crippen molar-refractivity contribution in [3.8, 4) is 0 Å². The van der Waals surface area contributed by atoms with Crippen LogP contribution in [0.25, 0.3) is 0 Å². The van der Waals surface area contributed by atoms with E-state index in [1.54, 1.807) is 6.20 Å². The highest BCUT2D eigenvalue weighted by molar-refractivity contribution is 5.71. The maximum Gasteiger partial charge on any atom is 0.306 e. The fraction of sp³-hybridized carbons (Fsp3) is 0.800. The van der Waals surface area contributed by atoms with Crippen LogP contribution in [0.5, 0.6) is 0 Å². The molecule has 3 fully saturated rings. The zero-order chi connectivity index (χ0) is 42.6. The standard InChI is InChI=1S/C12H17NO2.C12H22O2.C11H20O3.C10H19NO2/c1-12(2,3)8-11(14)15-9-10-6-4-5-7-13-10;1-12(2,3)8-11(13)14-9-10-6-4-5-7-10;1-11(2,3)7-10(12)14-8-9-5-4-6-13-9;1-10(2,3)5-9(12)13-8-6-11(4)7-8/h4-7H,8-9H2,1-3H3;10H,4-9H2,1-3H3;9H,4-8H2,1-3H3;8H,5-7H2,1-4H3. The van der Waals surface area contributed by atoms with Gasteiger partial charge in [-0.1, -0.05) is 102 Å². The fourth-order valence-corrected chi connectivity index (χ4v) is 5.82. The lowest BCUT2D eigenvalue weighted by Crippen LogP contribution is -2.50. The Morgan fingerprint density at radius 3 is 1.57 bits per heavy atom. The van der Waals surface area contributed by atoms with E-state index in [9.17, 15) is 19.2 Å². The molecule has 0 bridgehead atoms. The third-order valence-corrected chi connectivity index (χ3v) is 8.54. The largest absolute Gasteiger partial charge is 0.465 e. The van der Waals surface area contributed by atoms with Crippen molar-refractivity contribution in [2.75, 3.05) is 40.0 Å². The third-order valence-electron chi connectivity index (χ3n) is 8.54. The topological polar surface area (TPSA) is 131 Å². The first-order valence-electron chi connectivity index (χ1n) is 20.6. The Kier molecular flexibility index (Phi) is 22.4. The van der Waals surface area contributed by atoms with E-state index in [-0.39, 0.29) is 64.4 Å². The molecule has 3 aliphatic rings. The van der Waals surface area contributed by atoms with Crippen molar-refractivity contribution < 1.29 is 42.9 Å². The SMILES string of the molecule is CC(C)(C)CC(=O)OCC1CCCC1.CC(C)(C)CC(=O)OCC1CCCO1.CC(C)(C)CC(=O)OCc1ccccn1.CN1CC(OC(=O)CC(C)(C)C)C1. The smallest absolute Gasteiger partial charge is 0.306 e. The summed E-state index contributed by atoms with van der Waals surface area (Å²) in [5.74, 6) is 0.245. The van der Waals surface area contributed by atoms with E-state index >= 15 is 0 Å². The predicted molar refractivity (Wildman–Crippen MR) is 221 cm³/mol. The van der Waals surface area contributed by atoms with E-state index < -0.39 is 0 Å². The number of hydrogen-bond acceptors (Lipinski definition) is 11. The van der Waals surface area contributed by atoms with Crippen molar-refractivity contribution in [2.24, 2.45) is 27.6 Å². The second kappa shape index (κ2) is 24.7. The molecule has 1 saturated carbocycles. The van der Waals surface area contributed by atoms with E-state index in [0.717, 1.165) is 38.2 Å². The number of carbonyl (C=O) groups is 4. The zero-order valence-electron chi connectivity index (χ0n) is 37.4. The molecule has 0 radical (unpaired) electrons. The average Bonchev–Trinajstić information content (AvgIpc) is 3.74. The van der Waals surface area contributed by atoms with Gasteiger partial charge in [0.05, 0.1) is 44.1 Å². The molecule has 0 spiro atoms. The van der Waals surface area contributed by atoms with Gasteiger partial charge < -0.3 is 23.7 Å². The minimum absolute atomic E-state index is 0.00756. The van der Waals surface area contributed by atoms with Crippen LogP contribution < -0.4 is 0 Å². The number of nitrogens with zero attached hydrogens (tertiary/aromatic N) is 2. The summed E-state index contributed by atoms with van der Waals surface area (Å²) in [4.78, 5) is 51.6. The van der Waals surface area contributed by atoms with Crippen LogP contribution in [-0.4, -0.2) is 85.9 Å². The molecule has 1 atom stereocenters. The van der Waals surface area contributed by atoms with Crippen molar-refractivity contribution in [1.29, 1.82) is 0 Å². The summed E-state index contributed by atoms with van der Waals surface area (Å²) in [7, 11) is 2.02. The number of ether oxygens (including phenoxy) is 5. The van der Waals surface area contributed by atoms with E-state index in [2.05, 4.69) is 30.7 Å². The number of aromatic nitrogens is 1. The highest BCUT2D eigenvalue weighted by Crippen LogP contribution is 2.26. The van der Waals surface area contributed by atoms with E-state index in [1.807, 2.05) is 87.6 Å². The van der Waals surface area contributed by atoms with Crippen LogP contribution in [0.4, 0.5) is 0 Å². The van der Waals surface area contributed by atoms with Gasteiger partial charge in [0.25, 0.3) is 0 Å². The summed E-state index contributed by atoms with van der Waals surface area (Å²) in [6.07, 6.45) is 11.1. The normalized spacial score (nSPS) is 17.8. The van der Waals surface area contributed by atoms with Gasteiger partial charge in [0.2, 0.25) is 0 Å². The molecule has 0 aromatic carbocycles. The van der Waals surface area contributed by atoms with Gasteiger partial charge in [-0.3, -0.25) is 29.1 Å². The molecular formula is C45H78N2O9. The highest BCUT2D eigenvalue weighted by Gasteiger charge is 2.28. The maximum absolute atomic E-state index is 11.4. The van der Waals surface area contributed by atoms with Gasteiger partial charge in [-0.2, -0.15) is 0 Å². The van der Waals surface area contributed by atoms with Crippen LogP contribution in [0, 0.1) is 27.6 Å². The molecule has 1 aliphatic carbocycles. The number of esters is 4. The van der Waals surface area contributed by atoms with Gasteiger partial charge in [-0.05, 0) is 72.4 Å². The van der Waals surface area contributed by atoms with Crippen molar-refractivity contribution in [3.63, 3.8) is 0 Å². The van der Waals surface area contributed by atoms with Gasteiger partial charge in [0.15, 0.2) is 0 Å². The molecule has 3 heterocycles. The van der Waals surface area contributed by atoms with Gasteiger partial charge in [0.1, 0.15) is 19.3 Å². The Bertz CT molecular complexity index is 1230. The van der Waals surface area contributed by atoms with Crippen LogP contribution >= 0.6 is 0 Å². The number of hydrogen-bond donors (Lipinski definition) is 0. The molecule has 1 aromatic rings. The Morgan fingerprint density at radius 1 is 0.661 bits per heavy atom. The van der Waals surface area contributed by atoms with Crippen LogP contribution in [0.2, 0.25) is 0 Å². The molecule has 1 unspecified atom stereocenters. The Labute approximate surface area is 339 Å². The number of rotatable bonds is 11. The van der Waals surface area contributed by atoms with E-state index in [4.69, 9.17) is 23.7 Å². The molecule has 11 heteroatoms. The second-order valence-corrected chi connectivity index (χ2v) is 20.4. The summed E-state index contributed by atoms with van der Waals surface area (Å²) < 4.78 is 26.1. The van der Waals surface area contributed by atoms with Gasteiger partial charge in [-0.15, -0.1) is 0 Å². The molecule has 11 nitrogen and oxygen atoms in total. The maximum atomic E-state index is 11.4. The lowest BCUT2D eigenvalue weighted by Gasteiger charge is -2.35. The van der Waals surface area contributed by atoms with Crippen molar-refractivity contribution >= 4 is 23.9 Å². The van der Waals surface area contributed by atoms with Crippen LogP contribution in [-0.2, 0) is 49.5 Å². The molecular weight excluding hydrogens is 712 g/mol. The minimum Gasteiger partial charge on any atom is -0.465 e. The first-order chi connectivity index (χ1) is 25.8. The zero-order valence-corrected chi connectivity index (χ0v) is 37.4. The third kappa shape index (κ3) is 29.2.